The van der Waals surface area contributed by atoms with Gasteiger partial charge in [-0.15, -0.1) is 0 Å². The van der Waals surface area contributed by atoms with Gasteiger partial charge in [0.2, 0.25) is 5.91 Å². The first-order valence-electron chi connectivity index (χ1n) is 5.92. The van der Waals surface area contributed by atoms with Gasteiger partial charge >= 0.3 is 0 Å². The van der Waals surface area contributed by atoms with Crippen LogP contribution in [0.15, 0.2) is 24.3 Å². The summed E-state index contributed by atoms with van der Waals surface area (Å²) in [7, 11) is 0. The van der Waals surface area contributed by atoms with Gasteiger partial charge in [-0.2, -0.15) is 0 Å². The zero-order valence-electron chi connectivity index (χ0n) is 9.87. The summed E-state index contributed by atoms with van der Waals surface area (Å²) >= 11 is 0. The fourth-order valence-electron chi connectivity index (χ4n) is 2.08. The first-order chi connectivity index (χ1) is 8.13. The Balaban J connectivity index is 1.73. The van der Waals surface area contributed by atoms with Gasteiger partial charge in [0.05, 0.1) is 6.54 Å². The number of halogens is 1. The summed E-state index contributed by atoms with van der Waals surface area (Å²) < 4.78 is 12.9. The number of hydrogen-bond donors (Lipinski definition) is 2. The molecule has 0 saturated heterocycles. The molecule has 0 spiro atoms. The van der Waals surface area contributed by atoms with Gasteiger partial charge in [0.1, 0.15) is 5.82 Å². The van der Waals surface area contributed by atoms with Crippen LogP contribution in [-0.4, -0.2) is 18.5 Å². The first kappa shape index (κ1) is 12.0. The lowest BCUT2D eigenvalue weighted by Gasteiger charge is -2.33. The molecule has 0 bridgehead atoms. The molecule has 0 unspecified atom stereocenters. The average molecular weight is 236 g/mol. The topological polar surface area (TPSA) is 41.1 Å². The molecule has 3 nitrogen and oxygen atoms in total. The lowest BCUT2D eigenvalue weighted by molar-refractivity contribution is -0.115. The van der Waals surface area contributed by atoms with Crippen LogP contribution in [0.1, 0.15) is 19.8 Å². The van der Waals surface area contributed by atoms with Crippen molar-refractivity contribution in [1.82, 2.24) is 5.32 Å². The average Bonchev–Trinajstić information content (AvgIpc) is 2.23. The Morgan fingerprint density at radius 3 is 2.88 bits per heavy atom. The Bertz CT molecular complexity index is 402. The summed E-state index contributed by atoms with van der Waals surface area (Å²) in [6.45, 7) is 2.49. The summed E-state index contributed by atoms with van der Waals surface area (Å²) in [5, 5.41) is 5.83. The van der Waals surface area contributed by atoms with Crippen molar-refractivity contribution in [2.75, 3.05) is 11.9 Å². The molecule has 1 saturated carbocycles. The molecule has 1 aliphatic carbocycles. The number of amides is 1. The molecule has 0 aromatic heterocycles. The van der Waals surface area contributed by atoms with Crippen molar-refractivity contribution < 1.29 is 9.18 Å². The SMILES string of the molecule is CC1CC(NCC(=O)Nc2cccc(F)c2)C1. The molecule has 1 fully saturated rings. The Labute approximate surface area is 100 Å². The Morgan fingerprint density at radius 2 is 2.24 bits per heavy atom. The molecule has 2 rings (SSSR count). The number of rotatable bonds is 4. The molecule has 1 aliphatic rings. The van der Waals surface area contributed by atoms with Crippen LogP contribution < -0.4 is 10.6 Å². The zero-order valence-corrected chi connectivity index (χ0v) is 9.87. The van der Waals surface area contributed by atoms with Gasteiger partial charge in [0, 0.05) is 11.7 Å². The van der Waals surface area contributed by atoms with E-state index in [1.165, 1.54) is 12.1 Å². The van der Waals surface area contributed by atoms with E-state index in [1.54, 1.807) is 12.1 Å². The molecule has 0 atom stereocenters. The summed E-state index contributed by atoms with van der Waals surface area (Å²) in [5.74, 6) is 0.289. The number of hydrogen-bond acceptors (Lipinski definition) is 2. The summed E-state index contributed by atoms with van der Waals surface area (Å²) in [6.07, 6.45) is 2.26. The summed E-state index contributed by atoms with van der Waals surface area (Å²) in [5.41, 5.74) is 0.499. The summed E-state index contributed by atoms with van der Waals surface area (Å²) in [4.78, 5) is 11.6. The van der Waals surface area contributed by atoms with E-state index in [0.29, 0.717) is 11.7 Å². The third kappa shape index (κ3) is 3.53. The highest BCUT2D eigenvalue weighted by Crippen LogP contribution is 2.25. The molecule has 0 radical (unpaired) electrons. The molecule has 2 N–H and O–H groups in total. The van der Waals surface area contributed by atoms with Crippen LogP contribution in [0.4, 0.5) is 10.1 Å². The van der Waals surface area contributed by atoms with Crippen molar-refractivity contribution in [3.8, 4) is 0 Å². The Kier molecular flexibility index (Phi) is 3.74. The van der Waals surface area contributed by atoms with Crippen LogP contribution in [0, 0.1) is 11.7 Å². The molecular formula is C13H17FN2O. The lowest BCUT2D eigenvalue weighted by Crippen LogP contribution is -2.43. The largest absolute Gasteiger partial charge is 0.325 e. The number of nitrogens with one attached hydrogen (secondary N) is 2. The fraction of sp³-hybridized carbons (Fsp3) is 0.462. The predicted molar refractivity (Wildman–Crippen MR) is 65.2 cm³/mol. The lowest BCUT2D eigenvalue weighted by atomic mass is 9.82. The van der Waals surface area contributed by atoms with E-state index in [9.17, 15) is 9.18 Å². The fourth-order valence-corrected chi connectivity index (χ4v) is 2.08. The maximum atomic E-state index is 12.9. The highest BCUT2D eigenvalue weighted by Gasteiger charge is 2.24. The minimum Gasteiger partial charge on any atom is -0.325 e. The van der Waals surface area contributed by atoms with E-state index in [2.05, 4.69) is 17.6 Å². The van der Waals surface area contributed by atoms with E-state index < -0.39 is 0 Å². The first-order valence-corrected chi connectivity index (χ1v) is 5.92. The van der Waals surface area contributed by atoms with Crippen LogP contribution in [0.3, 0.4) is 0 Å². The maximum absolute atomic E-state index is 12.9. The maximum Gasteiger partial charge on any atom is 0.238 e. The zero-order chi connectivity index (χ0) is 12.3. The second-order valence-electron chi connectivity index (χ2n) is 4.71. The molecule has 0 aliphatic heterocycles. The number of anilines is 1. The van der Waals surface area contributed by atoms with Gasteiger partial charge in [0.15, 0.2) is 0 Å². The van der Waals surface area contributed by atoms with Crippen molar-refractivity contribution >= 4 is 11.6 Å². The van der Waals surface area contributed by atoms with Gasteiger partial charge in [-0.05, 0) is 37.0 Å². The van der Waals surface area contributed by atoms with Crippen LogP contribution in [0.25, 0.3) is 0 Å². The van der Waals surface area contributed by atoms with E-state index in [1.807, 2.05) is 0 Å². The van der Waals surface area contributed by atoms with Crippen molar-refractivity contribution in [3.05, 3.63) is 30.1 Å². The van der Waals surface area contributed by atoms with E-state index in [4.69, 9.17) is 0 Å². The number of carbonyl (C=O) groups is 1. The minimum absolute atomic E-state index is 0.129. The molecule has 17 heavy (non-hydrogen) atoms. The van der Waals surface area contributed by atoms with Crippen LogP contribution >= 0.6 is 0 Å². The van der Waals surface area contributed by atoms with Crippen molar-refractivity contribution in [2.45, 2.75) is 25.8 Å². The summed E-state index contributed by atoms with van der Waals surface area (Å²) in [6, 6.07) is 6.37. The number of benzene rings is 1. The Hall–Kier alpha value is -1.42. The van der Waals surface area contributed by atoms with Crippen LogP contribution in [0.5, 0.6) is 0 Å². The van der Waals surface area contributed by atoms with Gasteiger partial charge in [-0.1, -0.05) is 13.0 Å². The van der Waals surface area contributed by atoms with Gasteiger partial charge < -0.3 is 10.6 Å². The van der Waals surface area contributed by atoms with Crippen molar-refractivity contribution in [1.29, 1.82) is 0 Å². The number of carbonyl (C=O) groups excluding carboxylic acids is 1. The van der Waals surface area contributed by atoms with Crippen molar-refractivity contribution in [2.24, 2.45) is 5.92 Å². The highest BCUT2D eigenvalue weighted by molar-refractivity contribution is 5.92. The molecule has 1 aromatic rings. The smallest absolute Gasteiger partial charge is 0.238 e. The second kappa shape index (κ2) is 5.27. The second-order valence-corrected chi connectivity index (χ2v) is 4.71. The standard InChI is InChI=1S/C13H17FN2O/c1-9-5-12(6-9)15-8-13(17)16-11-4-2-3-10(14)7-11/h2-4,7,9,12,15H,5-6,8H2,1H3,(H,16,17). The van der Waals surface area contributed by atoms with Crippen LogP contribution in [0.2, 0.25) is 0 Å². The monoisotopic (exact) mass is 236 g/mol. The quantitative estimate of drug-likeness (QED) is 0.841. The van der Waals surface area contributed by atoms with E-state index >= 15 is 0 Å². The molecule has 92 valence electrons. The highest BCUT2D eigenvalue weighted by atomic mass is 19.1. The third-order valence-electron chi connectivity index (χ3n) is 3.03. The molecular weight excluding hydrogens is 219 g/mol. The van der Waals surface area contributed by atoms with Gasteiger partial charge in [-0.25, -0.2) is 4.39 Å². The Morgan fingerprint density at radius 1 is 1.47 bits per heavy atom. The van der Waals surface area contributed by atoms with E-state index in [0.717, 1.165) is 18.8 Å². The van der Waals surface area contributed by atoms with Gasteiger partial charge in [-0.3, -0.25) is 4.79 Å². The third-order valence-corrected chi connectivity index (χ3v) is 3.03. The van der Waals surface area contributed by atoms with Crippen molar-refractivity contribution in [3.63, 3.8) is 0 Å². The molecule has 4 heteroatoms. The van der Waals surface area contributed by atoms with Crippen LogP contribution in [-0.2, 0) is 4.79 Å². The predicted octanol–water partition coefficient (Wildman–Crippen LogP) is 2.15. The normalized spacial score (nSPS) is 22.9. The van der Waals surface area contributed by atoms with Gasteiger partial charge in [0.25, 0.3) is 0 Å². The molecule has 0 heterocycles. The molecule has 1 amide bonds. The van der Waals surface area contributed by atoms with E-state index in [-0.39, 0.29) is 18.3 Å². The minimum atomic E-state index is -0.344. The molecule has 1 aromatic carbocycles.